The van der Waals surface area contributed by atoms with Crippen LogP contribution in [-0.4, -0.2) is 74.1 Å². The predicted octanol–water partition coefficient (Wildman–Crippen LogP) is 4.46. The van der Waals surface area contributed by atoms with Gasteiger partial charge in [-0.25, -0.2) is 22.9 Å². The van der Waals surface area contributed by atoms with E-state index in [1.165, 1.54) is 11.1 Å². The fourth-order valence-corrected chi connectivity index (χ4v) is 7.95. The number of fused-ring (bicyclic) bond motifs is 2. The van der Waals surface area contributed by atoms with Crippen molar-refractivity contribution in [2.75, 3.05) is 23.4 Å². The van der Waals surface area contributed by atoms with Crippen molar-refractivity contribution < 1.29 is 8.42 Å². The zero-order valence-electron chi connectivity index (χ0n) is 22.8. The highest BCUT2D eigenvalue weighted by molar-refractivity contribution is 7.91. The van der Waals surface area contributed by atoms with Crippen LogP contribution in [0, 0.1) is 13.8 Å². The number of anilines is 1. The van der Waals surface area contributed by atoms with Crippen LogP contribution in [0.3, 0.4) is 0 Å². The Kier molecular flexibility index (Phi) is 6.22. The normalized spacial score (nSPS) is 22.7. The van der Waals surface area contributed by atoms with Crippen molar-refractivity contribution in [3.63, 3.8) is 0 Å². The Bertz CT molecular complexity index is 1610. The zero-order valence-corrected chi connectivity index (χ0v) is 23.6. The van der Waals surface area contributed by atoms with Crippen molar-refractivity contribution in [1.82, 2.24) is 29.5 Å². The topological polar surface area (TPSA) is 108 Å². The monoisotopic (exact) mass is 535 g/mol. The van der Waals surface area contributed by atoms with E-state index in [4.69, 9.17) is 4.98 Å². The maximum atomic E-state index is 11.9. The maximum absolute atomic E-state index is 11.9. The molecule has 2 atom stereocenters. The Balaban J connectivity index is 1.29. The standard InChI is InChI=1S/C28H37N7O2S/c1-16(2)25-26(22-14-35-28(29-15-30-35)19(5)18(22)4)32-23-6-7-24(33-27(23)25)31-20-12-17(3)34(13-20)21-8-10-38(36,37)11-9-21/h6-7,14-17,20-21,32H,8-13H2,1-5H3,(H,31,33)/t17-,20+/m0/s1. The van der Waals surface area contributed by atoms with Crippen LogP contribution < -0.4 is 5.32 Å². The third kappa shape index (κ3) is 4.37. The van der Waals surface area contributed by atoms with Gasteiger partial charge < -0.3 is 10.3 Å². The van der Waals surface area contributed by atoms with Crippen LogP contribution >= 0.6 is 0 Å². The number of aromatic amines is 1. The lowest BCUT2D eigenvalue weighted by atomic mass is 9.95. The molecule has 202 valence electrons. The van der Waals surface area contributed by atoms with Gasteiger partial charge in [-0.05, 0) is 69.2 Å². The zero-order chi connectivity index (χ0) is 26.8. The molecule has 0 amide bonds. The minimum atomic E-state index is -2.85. The smallest absolute Gasteiger partial charge is 0.158 e. The van der Waals surface area contributed by atoms with Gasteiger partial charge in [0.15, 0.2) is 5.65 Å². The van der Waals surface area contributed by atoms with E-state index < -0.39 is 9.84 Å². The van der Waals surface area contributed by atoms with Crippen molar-refractivity contribution in [2.24, 2.45) is 0 Å². The van der Waals surface area contributed by atoms with Gasteiger partial charge in [0, 0.05) is 42.0 Å². The van der Waals surface area contributed by atoms with Crippen LogP contribution in [0.5, 0.6) is 0 Å². The number of pyridine rings is 2. The summed E-state index contributed by atoms with van der Waals surface area (Å²) in [5, 5.41) is 8.09. The van der Waals surface area contributed by atoms with Crippen LogP contribution in [0.25, 0.3) is 27.9 Å². The van der Waals surface area contributed by atoms with E-state index >= 15 is 0 Å². The van der Waals surface area contributed by atoms with Gasteiger partial charge in [0.05, 0.1) is 28.2 Å². The lowest BCUT2D eigenvalue weighted by molar-refractivity contribution is 0.177. The van der Waals surface area contributed by atoms with Gasteiger partial charge in [0.25, 0.3) is 0 Å². The number of hydrogen-bond donors (Lipinski definition) is 2. The number of hydrogen-bond acceptors (Lipinski definition) is 7. The minimum absolute atomic E-state index is 0.275. The molecule has 6 rings (SSSR count). The highest BCUT2D eigenvalue weighted by Crippen LogP contribution is 2.38. The number of nitrogens with zero attached hydrogens (tertiary/aromatic N) is 5. The van der Waals surface area contributed by atoms with Gasteiger partial charge in [-0.15, -0.1) is 0 Å². The second kappa shape index (κ2) is 9.34. The van der Waals surface area contributed by atoms with E-state index in [9.17, 15) is 8.42 Å². The molecular weight excluding hydrogens is 498 g/mol. The molecule has 0 aromatic carbocycles. The third-order valence-electron chi connectivity index (χ3n) is 8.62. The molecule has 0 saturated carbocycles. The highest BCUT2D eigenvalue weighted by atomic mass is 32.2. The summed E-state index contributed by atoms with van der Waals surface area (Å²) in [6, 6.07) is 5.24. The van der Waals surface area contributed by atoms with Gasteiger partial charge in [-0.1, -0.05) is 13.8 Å². The van der Waals surface area contributed by atoms with Gasteiger partial charge >= 0.3 is 0 Å². The van der Waals surface area contributed by atoms with Gasteiger partial charge in [-0.2, -0.15) is 5.10 Å². The molecule has 2 saturated heterocycles. The van der Waals surface area contributed by atoms with Crippen molar-refractivity contribution in [2.45, 2.75) is 77.9 Å². The molecule has 38 heavy (non-hydrogen) atoms. The largest absolute Gasteiger partial charge is 0.366 e. The van der Waals surface area contributed by atoms with E-state index in [-0.39, 0.29) is 12.0 Å². The Morgan fingerprint density at radius 3 is 2.63 bits per heavy atom. The second-order valence-corrected chi connectivity index (χ2v) is 13.8. The highest BCUT2D eigenvalue weighted by Gasteiger charge is 2.36. The average molecular weight is 536 g/mol. The quantitative estimate of drug-likeness (QED) is 0.388. The maximum Gasteiger partial charge on any atom is 0.158 e. The molecule has 0 radical (unpaired) electrons. The van der Waals surface area contributed by atoms with E-state index in [0.717, 1.165) is 65.1 Å². The molecule has 10 heteroatoms. The number of sulfone groups is 1. The van der Waals surface area contributed by atoms with E-state index in [0.29, 0.717) is 23.6 Å². The average Bonchev–Trinajstić information content (AvgIpc) is 3.58. The summed E-state index contributed by atoms with van der Waals surface area (Å²) in [4.78, 5) is 15.7. The number of rotatable bonds is 5. The Morgan fingerprint density at radius 1 is 1.13 bits per heavy atom. The van der Waals surface area contributed by atoms with Crippen molar-refractivity contribution in [3.8, 4) is 11.3 Å². The third-order valence-corrected chi connectivity index (χ3v) is 10.3. The fourth-order valence-electron chi connectivity index (χ4n) is 6.48. The molecule has 4 aromatic rings. The van der Waals surface area contributed by atoms with Crippen molar-refractivity contribution in [1.29, 1.82) is 0 Å². The van der Waals surface area contributed by atoms with Crippen LogP contribution in [0.2, 0.25) is 0 Å². The molecule has 2 fully saturated rings. The summed E-state index contributed by atoms with van der Waals surface area (Å²) < 4.78 is 25.7. The molecule has 6 heterocycles. The first kappa shape index (κ1) is 25.3. The first-order valence-electron chi connectivity index (χ1n) is 13.7. The molecule has 2 aliphatic rings. The van der Waals surface area contributed by atoms with Gasteiger partial charge in [0.1, 0.15) is 22.0 Å². The number of aromatic nitrogens is 5. The van der Waals surface area contributed by atoms with Crippen LogP contribution in [0.4, 0.5) is 5.82 Å². The molecular formula is C28H37N7O2S. The first-order valence-corrected chi connectivity index (χ1v) is 15.5. The van der Waals surface area contributed by atoms with Crippen LogP contribution in [0.1, 0.15) is 62.6 Å². The summed E-state index contributed by atoms with van der Waals surface area (Å²) in [6.07, 6.45) is 6.17. The summed E-state index contributed by atoms with van der Waals surface area (Å²) in [5.74, 6) is 1.79. The SMILES string of the molecule is Cc1c(-c2[nH]c3ccc(N[C@@H]4C[C@H](C)N(C5CCS(=O)(=O)CC5)C4)nc3c2C(C)C)cn2ncnc2c1C. The molecule has 0 aliphatic carbocycles. The summed E-state index contributed by atoms with van der Waals surface area (Å²) in [6.45, 7) is 11.8. The summed E-state index contributed by atoms with van der Waals surface area (Å²) in [7, 11) is -2.85. The minimum Gasteiger partial charge on any atom is -0.366 e. The fraction of sp³-hybridized carbons (Fsp3) is 0.536. The van der Waals surface area contributed by atoms with Gasteiger partial charge in [-0.3, -0.25) is 4.90 Å². The first-order chi connectivity index (χ1) is 18.1. The molecule has 2 N–H and O–H groups in total. The lowest BCUT2D eigenvalue weighted by Gasteiger charge is -2.34. The molecule has 0 bridgehead atoms. The number of H-pyrrole nitrogens is 1. The summed E-state index contributed by atoms with van der Waals surface area (Å²) in [5.41, 5.74) is 8.62. The summed E-state index contributed by atoms with van der Waals surface area (Å²) >= 11 is 0. The van der Waals surface area contributed by atoms with Crippen molar-refractivity contribution >= 4 is 32.3 Å². The van der Waals surface area contributed by atoms with Crippen LogP contribution in [0.15, 0.2) is 24.7 Å². The lowest BCUT2D eigenvalue weighted by Crippen LogP contribution is -2.43. The molecule has 9 nitrogen and oxygen atoms in total. The van der Waals surface area contributed by atoms with E-state index in [1.54, 1.807) is 6.33 Å². The van der Waals surface area contributed by atoms with Gasteiger partial charge in [0.2, 0.25) is 0 Å². The number of nitrogens with one attached hydrogen (secondary N) is 2. The number of likely N-dealkylation sites (tertiary alicyclic amines) is 1. The second-order valence-electron chi connectivity index (χ2n) is 11.5. The van der Waals surface area contributed by atoms with E-state index in [2.05, 4.69) is 78.2 Å². The molecule has 2 aliphatic heterocycles. The number of aryl methyl sites for hydroxylation is 1. The van der Waals surface area contributed by atoms with E-state index in [1.807, 2.05) is 4.52 Å². The molecule has 0 unspecified atom stereocenters. The molecule has 0 spiro atoms. The Labute approximate surface area is 224 Å². The Morgan fingerprint density at radius 2 is 1.89 bits per heavy atom. The van der Waals surface area contributed by atoms with Crippen molar-refractivity contribution in [3.05, 3.63) is 41.3 Å². The van der Waals surface area contributed by atoms with Crippen LogP contribution in [-0.2, 0) is 9.84 Å². The Hall–Kier alpha value is -2.98. The molecule has 4 aromatic heterocycles. The predicted molar refractivity (Wildman–Crippen MR) is 152 cm³/mol.